The molecule has 31 heavy (non-hydrogen) atoms. The minimum atomic E-state index is -1.15. The van der Waals surface area contributed by atoms with E-state index in [-0.39, 0.29) is 12.3 Å². The van der Waals surface area contributed by atoms with Crippen LogP contribution in [-0.4, -0.2) is 43.4 Å². The molecule has 4 heterocycles. The van der Waals surface area contributed by atoms with Gasteiger partial charge in [0.15, 0.2) is 0 Å². The van der Waals surface area contributed by atoms with E-state index in [4.69, 9.17) is 4.74 Å². The smallest absolute Gasteiger partial charge is 0.276 e. The molecule has 0 amide bonds. The third-order valence-corrected chi connectivity index (χ3v) is 6.68. The molecule has 0 spiro atoms. The zero-order valence-corrected chi connectivity index (χ0v) is 19.2. The van der Waals surface area contributed by atoms with Gasteiger partial charge in [-0.15, -0.1) is 0 Å². The van der Waals surface area contributed by atoms with Crippen molar-refractivity contribution in [3.05, 3.63) is 59.5 Å². The van der Waals surface area contributed by atoms with Crippen LogP contribution in [0, 0.1) is 0 Å². The number of nitrogens with zero attached hydrogens (tertiary/aromatic N) is 6. The fourth-order valence-corrected chi connectivity index (χ4v) is 3.87. The van der Waals surface area contributed by atoms with E-state index in [1.54, 1.807) is 27.8 Å². The second kappa shape index (κ2) is 8.48. The molecule has 0 atom stereocenters. The van der Waals surface area contributed by atoms with Crippen LogP contribution in [-0.2, 0) is 18.5 Å². The molecule has 0 fully saturated rings. The molecular weight excluding hydrogens is 410 g/mol. The summed E-state index contributed by atoms with van der Waals surface area (Å²) in [4.78, 5) is 21.8. The van der Waals surface area contributed by atoms with Crippen LogP contribution in [0.15, 0.2) is 54.0 Å². The molecule has 0 aromatic carbocycles. The molecule has 9 nitrogen and oxygen atoms in total. The summed E-state index contributed by atoms with van der Waals surface area (Å²) >= 11 is 0. The first-order valence-electron chi connectivity index (χ1n) is 10.2. The van der Waals surface area contributed by atoms with E-state index in [9.17, 15) is 4.79 Å². The zero-order chi connectivity index (χ0) is 22.0. The summed E-state index contributed by atoms with van der Waals surface area (Å²) < 4.78 is 10.9. The number of aromatic nitrogens is 6. The Labute approximate surface area is 181 Å². The van der Waals surface area contributed by atoms with Crippen molar-refractivity contribution in [2.75, 3.05) is 11.9 Å². The first-order chi connectivity index (χ1) is 14.8. The molecule has 10 heteroatoms. The number of hydrogen-bond donors (Lipinski definition) is 1. The van der Waals surface area contributed by atoms with Gasteiger partial charge in [-0.1, -0.05) is 19.6 Å². The second-order valence-electron chi connectivity index (χ2n) is 8.67. The van der Waals surface area contributed by atoms with Gasteiger partial charge in [0.05, 0.1) is 11.9 Å². The summed E-state index contributed by atoms with van der Waals surface area (Å²) in [6.45, 7) is 7.85. The van der Waals surface area contributed by atoms with Gasteiger partial charge in [0.2, 0.25) is 5.95 Å². The highest BCUT2D eigenvalue weighted by molar-refractivity contribution is 6.76. The Morgan fingerprint density at radius 1 is 1.16 bits per heavy atom. The van der Waals surface area contributed by atoms with Crippen LogP contribution < -0.4 is 10.9 Å². The topological polar surface area (TPSA) is 91.3 Å². The second-order valence-corrected chi connectivity index (χ2v) is 14.3. The van der Waals surface area contributed by atoms with Crippen LogP contribution in [0.4, 0.5) is 11.8 Å². The van der Waals surface area contributed by atoms with Gasteiger partial charge in [0, 0.05) is 58.1 Å². The molecule has 4 aromatic rings. The van der Waals surface area contributed by atoms with Gasteiger partial charge < -0.3 is 14.5 Å². The summed E-state index contributed by atoms with van der Waals surface area (Å²) in [6.07, 6.45) is 8.89. The van der Waals surface area contributed by atoms with Gasteiger partial charge in [-0.2, -0.15) is 5.10 Å². The average Bonchev–Trinajstić information content (AvgIpc) is 3.33. The first kappa shape index (κ1) is 21.0. The Morgan fingerprint density at radius 3 is 2.74 bits per heavy atom. The Morgan fingerprint density at radius 2 is 2.00 bits per heavy atom. The molecule has 0 aliphatic heterocycles. The van der Waals surface area contributed by atoms with E-state index in [1.165, 1.54) is 0 Å². The van der Waals surface area contributed by atoms with E-state index >= 15 is 0 Å². The fourth-order valence-electron chi connectivity index (χ4n) is 3.11. The number of nitrogens with one attached hydrogen (secondary N) is 1. The van der Waals surface area contributed by atoms with E-state index in [2.05, 4.69) is 40.0 Å². The summed E-state index contributed by atoms with van der Waals surface area (Å²) in [6, 6.07) is 6.58. The summed E-state index contributed by atoms with van der Waals surface area (Å²) in [5.74, 6) is 1.25. The fraction of sp³-hybridized carbons (Fsp3) is 0.333. The van der Waals surface area contributed by atoms with Crippen molar-refractivity contribution >= 4 is 25.4 Å². The minimum Gasteiger partial charge on any atom is -0.361 e. The molecule has 162 valence electrons. The molecule has 0 saturated heterocycles. The third kappa shape index (κ3) is 4.92. The monoisotopic (exact) mass is 437 g/mol. The lowest BCUT2D eigenvalue weighted by atomic mass is 10.2. The number of aryl methyl sites for hydroxylation is 1. The number of ether oxygens (including phenoxy) is 1. The van der Waals surface area contributed by atoms with E-state index < -0.39 is 8.07 Å². The van der Waals surface area contributed by atoms with Crippen LogP contribution in [0.1, 0.15) is 0 Å². The molecule has 0 bridgehead atoms. The predicted molar refractivity (Wildman–Crippen MR) is 123 cm³/mol. The molecule has 0 aliphatic carbocycles. The number of anilines is 2. The Bertz CT molecular complexity index is 1250. The van der Waals surface area contributed by atoms with Gasteiger partial charge >= 0.3 is 0 Å². The Kier molecular flexibility index (Phi) is 5.75. The Hall–Kier alpha value is -3.24. The molecule has 0 unspecified atom stereocenters. The predicted octanol–water partition coefficient (Wildman–Crippen LogP) is 3.35. The third-order valence-electron chi connectivity index (χ3n) is 4.97. The van der Waals surface area contributed by atoms with E-state index in [0.717, 1.165) is 23.1 Å². The average molecular weight is 438 g/mol. The van der Waals surface area contributed by atoms with Gasteiger partial charge in [0.1, 0.15) is 18.1 Å². The lowest BCUT2D eigenvalue weighted by Gasteiger charge is -2.15. The van der Waals surface area contributed by atoms with Gasteiger partial charge in [-0.25, -0.2) is 9.97 Å². The molecule has 4 aromatic heterocycles. The highest BCUT2D eigenvalue weighted by atomic mass is 28.3. The normalized spacial score (nSPS) is 11.9. The lowest BCUT2D eigenvalue weighted by Crippen LogP contribution is -2.25. The van der Waals surface area contributed by atoms with Crippen molar-refractivity contribution < 1.29 is 4.74 Å². The summed E-state index contributed by atoms with van der Waals surface area (Å²) in [5, 5.41) is 7.28. The van der Waals surface area contributed by atoms with Crippen molar-refractivity contribution in [2.24, 2.45) is 7.05 Å². The molecule has 0 aliphatic rings. The SMILES string of the molecule is Cn1nccc1Nc1nccc(-c2cc3c(=O)n(COCC[Si](C)(C)C)ccn3c2)n1. The van der Waals surface area contributed by atoms with Crippen LogP contribution in [0.2, 0.25) is 25.7 Å². The maximum Gasteiger partial charge on any atom is 0.276 e. The van der Waals surface area contributed by atoms with Gasteiger partial charge in [-0.05, 0) is 18.2 Å². The largest absolute Gasteiger partial charge is 0.361 e. The highest BCUT2D eigenvalue weighted by Crippen LogP contribution is 2.21. The molecule has 1 N–H and O–H groups in total. The maximum atomic E-state index is 12.9. The van der Waals surface area contributed by atoms with Crippen molar-refractivity contribution in [2.45, 2.75) is 32.4 Å². The highest BCUT2D eigenvalue weighted by Gasteiger charge is 2.13. The van der Waals surface area contributed by atoms with Crippen molar-refractivity contribution in [3.63, 3.8) is 0 Å². The van der Waals surface area contributed by atoms with Crippen LogP contribution >= 0.6 is 0 Å². The molecule has 0 saturated carbocycles. The Balaban J connectivity index is 1.54. The van der Waals surface area contributed by atoms with Crippen molar-refractivity contribution in [3.8, 4) is 11.3 Å². The van der Waals surface area contributed by atoms with Crippen molar-refractivity contribution in [1.29, 1.82) is 0 Å². The summed E-state index contributed by atoms with van der Waals surface area (Å²) in [5.41, 5.74) is 2.04. The molecule has 4 rings (SSSR count). The quantitative estimate of drug-likeness (QED) is 0.336. The number of hydrogen-bond acceptors (Lipinski definition) is 6. The van der Waals surface area contributed by atoms with Crippen LogP contribution in [0.3, 0.4) is 0 Å². The standard InChI is InChI=1S/C21H27N7O2Si/c1-26-19(6-8-23-26)25-21-22-7-5-17(24-21)16-13-18-20(29)28(10-9-27(18)14-16)15-30-11-12-31(2,3)4/h5-10,13-14H,11-12,15H2,1-4H3,(H,22,24,25). The number of fused-ring (bicyclic) bond motifs is 1. The lowest BCUT2D eigenvalue weighted by molar-refractivity contribution is 0.0848. The number of rotatable bonds is 8. The van der Waals surface area contributed by atoms with E-state index in [1.807, 2.05) is 42.0 Å². The first-order valence-corrected chi connectivity index (χ1v) is 13.9. The van der Waals surface area contributed by atoms with Crippen LogP contribution in [0.5, 0.6) is 0 Å². The molecule has 0 radical (unpaired) electrons. The minimum absolute atomic E-state index is 0.0935. The van der Waals surface area contributed by atoms with Gasteiger partial charge in [-0.3, -0.25) is 14.0 Å². The molecular formula is C21H27N7O2Si. The van der Waals surface area contributed by atoms with Crippen LogP contribution in [0.25, 0.3) is 16.8 Å². The van der Waals surface area contributed by atoms with E-state index in [0.29, 0.717) is 18.1 Å². The van der Waals surface area contributed by atoms with Crippen molar-refractivity contribution in [1.82, 2.24) is 28.7 Å². The van der Waals surface area contributed by atoms with Gasteiger partial charge in [0.25, 0.3) is 5.56 Å². The zero-order valence-electron chi connectivity index (χ0n) is 18.2. The maximum absolute atomic E-state index is 12.9. The summed E-state index contributed by atoms with van der Waals surface area (Å²) in [7, 11) is 0.686.